The van der Waals surface area contributed by atoms with Gasteiger partial charge in [0, 0.05) is 0 Å². The molecule has 0 radical (unpaired) electrons. The molecule has 0 aliphatic rings. The standard InChI is InChI=1S/C18H14/c1(5-11-17-13-7-3-8-14-17)2-6-12-18-15-9-4-10-16-18/h3-16H. The van der Waals surface area contributed by atoms with Crippen LogP contribution in [0.3, 0.4) is 0 Å². The highest BCUT2D eigenvalue weighted by molar-refractivity contribution is 5.55. The minimum absolute atomic E-state index is 1.17. The SMILES string of the molecule is C(#CC=Cc1ccccc1)C=Cc1ccccc1. The number of hydrogen-bond acceptors (Lipinski definition) is 0. The van der Waals surface area contributed by atoms with Gasteiger partial charge in [0.2, 0.25) is 0 Å². The highest BCUT2D eigenvalue weighted by Crippen LogP contribution is 2.01. The van der Waals surface area contributed by atoms with Crippen LogP contribution in [-0.2, 0) is 0 Å². The van der Waals surface area contributed by atoms with Crippen molar-refractivity contribution in [1.29, 1.82) is 0 Å². The van der Waals surface area contributed by atoms with Crippen LogP contribution in [0.15, 0.2) is 72.8 Å². The molecule has 2 rings (SSSR count). The van der Waals surface area contributed by atoms with Gasteiger partial charge in [0.05, 0.1) is 0 Å². The molecule has 0 unspecified atom stereocenters. The van der Waals surface area contributed by atoms with Gasteiger partial charge in [0.25, 0.3) is 0 Å². The molecule has 0 saturated heterocycles. The third-order valence-electron chi connectivity index (χ3n) is 2.40. The molecule has 86 valence electrons. The molecule has 0 N–H and O–H groups in total. The summed E-state index contributed by atoms with van der Waals surface area (Å²) < 4.78 is 0. The maximum Gasteiger partial charge on any atom is -0.0109 e. The second-order valence-electron chi connectivity index (χ2n) is 3.78. The number of rotatable bonds is 2. The molecule has 0 aromatic heterocycles. The summed E-state index contributed by atoms with van der Waals surface area (Å²) in [5.74, 6) is 5.97. The zero-order chi connectivity index (χ0) is 12.5. The molecule has 0 fully saturated rings. The first kappa shape index (κ1) is 12.0. The van der Waals surface area contributed by atoms with Crippen molar-refractivity contribution < 1.29 is 0 Å². The van der Waals surface area contributed by atoms with Crippen LogP contribution in [-0.4, -0.2) is 0 Å². The predicted molar refractivity (Wildman–Crippen MR) is 78.7 cm³/mol. The highest BCUT2D eigenvalue weighted by Gasteiger charge is 1.80. The summed E-state index contributed by atoms with van der Waals surface area (Å²) in [6.45, 7) is 0. The summed E-state index contributed by atoms with van der Waals surface area (Å²) in [7, 11) is 0. The lowest BCUT2D eigenvalue weighted by Gasteiger charge is -1.87. The number of hydrogen-bond donors (Lipinski definition) is 0. The van der Waals surface area contributed by atoms with Crippen LogP contribution >= 0.6 is 0 Å². The minimum atomic E-state index is 1.17. The first-order valence-electron chi connectivity index (χ1n) is 5.89. The van der Waals surface area contributed by atoms with E-state index in [1.807, 2.05) is 60.7 Å². The fourth-order valence-electron chi connectivity index (χ4n) is 1.50. The Morgan fingerprint density at radius 2 is 0.944 bits per heavy atom. The molecule has 0 saturated carbocycles. The van der Waals surface area contributed by atoms with Crippen LogP contribution in [0.2, 0.25) is 0 Å². The van der Waals surface area contributed by atoms with Gasteiger partial charge in [-0.1, -0.05) is 72.5 Å². The van der Waals surface area contributed by atoms with Crippen molar-refractivity contribution in [3.63, 3.8) is 0 Å². The van der Waals surface area contributed by atoms with Gasteiger partial charge in [0.15, 0.2) is 0 Å². The third kappa shape index (κ3) is 4.15. The van der Waals surface area contributed by atoms with Crippen molar-refractivity contribution in [2.75, 3.05) is 0 Å². The first-order chi connectivity index (χ1) is 8.95. The molecule has 0 amide bonds. The van der Waals surface area contributed by atoms with Crippen LogP contribution in [0.25, 0.3) is 12.2 Å². The van der Waals surface area contributed by atoms with Crippen molar-refractivity contribution in [2.45, 2.75) is 0 Å². The molecule has 0 aliphatic carbocycles. The van der Waals surface area contributed by atoms with E-state index in [-0.39, 0.29) is 0 Å². The smallest absolute Gasteiger partial charge is 0.0109 e. The van der Waals surface area contributed by atoms with Gasteiger partial charge in [-0.3, -0.25) is 0 Å². The molecule has 2 aromatic rings. The molecule has 0 bridgehead atoms. The minimum Gasteiger partial charge on any atom is -0.0702 e. The Morgan fingerprint density at radius 3 is 1.33 bits per heavy atom. The normalized spacial score (nSPS) is 10.4. The van der Waals surface area contributed by atoms with Gasteiger partial charge in [0.1, 0.15) is 0 Å². The van der Waals surface area contributed by atoms with E-state index in [9.17, 15) is 0 Å². The lowest BCUT2D eigenvalue weighted by molar-refractivity contribution is 1.66. The van der Waals surface area contributed by atoms with Gasteiger partial charge in [-0.2, -0.15) is 0 Å². The molecule has 0 nitrogen and oxygen atoms in total. The van der Waals surface area contributed by atoms with E-state index >= 15 is 0 Å². The molecule has 0 heteroatoms. The molecular formula is C18H14. The van der Waals surface area contributed by atoms with Crippen molar-refractivity contribution in [1.82, 2.24) is 0 Å². The largest absolute Gasteiger partial charge is 0.0702 e. The zero-order valence-electron chi connectivity index (χ0n) is 10.1. The molecular weight excluding hydrogens is 216 g/mol. The topological polar surface area (TPSA) is 0 Å². The lowest BCUT2D eigenvalue weighted by atomic mass is 10.2. The maximum absolute atomic E-state index is 2.99. The zero-order valence-corrected chi connectivity index (χ0v) is 10.1. The van der Waals surface area contributed by atoms with Crippen molar-refractivity contribution >= 4 is 12.2 Å². The van der Waals surface area contributed by atoms with E-state index in [2.05, 4.69) is 36.1 Å². The second-order valence-corrected chi connectivity index (χ2v) is 3.78. The number of benzene rings is 2. The van der Waals surface area contributed by atoms with Gasteiger partial charge >= 0.3 is 0 Å². The van der Waals surface area contributed by atoms with Gasteiger partial charge < -0.3 is 0 Å². The van der Waals surface area contributed by atoms with Gasteiger partial charge in [-0.25, -0.2) is 0 Å². The summed E-state index contributed by atoms with van der Waals surface area (Å²) >= 11 is 0. The van der Waals surface area contributed by atoms with E-state index in [1.165, 1.54) is 11.1 Å². The van der Waals surface area contributed by atoms with Crippen molar-refractivity contribution in [3.05, 3.63) is 83.9 Å². The molecule has 0 spiro atoms. The van der Waals surface area contributed by atoms with Crippen LogP contribution in [0.1, 0.15) is 11.1 Å². The predicted octanol–water partition coefficient (Wildman–Crippen LogP) is 4.42. The maximum atomic E-state index is 2.99. The summed E-state index contributed by atoms with van der Waals surface area (Å²) in [4.78, 5) is 0. The van der Waals surface area contributed by atoms with Crippen LogP contribution in [0.4, 0.5) is 0 Å². The van der Waals surface area contributed by atoms with Gasteiger partial charge in [-0.15, -0.1) is 0 Å². The second kappa shape index (κ2) is 6.93. The first-order valence-corrected chi connectivity index (χ1v) is 5.89. The number of allylic oxidation sites excluding steroid dienone is 2. The van der Waals surface area contributed by atoms with E-state index in [0.29, 0.717) is 0 Å². The Bertz CT molecular complexity index is 525. The monoisotopic (exact) mass is 230 g/mol. The highest BCUT2D eigenvalue weighted by atomic mass is 13.9. The van der Waals surface area contributed by atoms with Crippen LogP contribution in [0, 0.1) is 11.8 Å². The molecule has 0 aliphatic heterocycles. The molecule has 18 heavy (non-hydrogen) atoms. The van der Waals surface area contributed by atoms with Gasteiger partial charge in [-0.05, 0) is 35.4 Å². The third-order valence-corrected chi connectivity index (χ3v) is 2.40. The van der Waals surface area contributed by atoms with E-state index in [1.54, 1.807) is 0 Å². The van der Waals surface area contributed by atoms with Crippen LogP contribution in [0.5, 0.6) is 0 Å². The van der Waals surface area contributed by atoms with Crippen molar-refractivity contribution in [3.8, 4) is 11.8 Å². The van der Waals surface area contributed by atoms with E-state index < -0.39 is 0 Å². The summed E-state index contributed by atoms with van der Waals surface area (Å²) in [6, 6.07) is 20.3. The summed E-state index contributed by atoms with van der Waals surface area (Å²) in [6.07, 6.45) is 7.74. The summed E-state index contributed by atoms with van der Waals surface area (Å²) in [5, 5.41) is 0. The van der Waals surface area contributed by atoms with E-state index in [4.69, 9.17) is 0 Å². The Kier molecular flexibility index (Phi) is 4.60. The van der Waals surface area contributed by atoms with Crippen molar-refractivity contribution in [2.24, 2.45) is 0 Å². The quantitative estimate of drug-likeness (QED) is 0.670. The molecule has 0 atom stereocenters. The van der Waals surface area contributed by atoms with E-state index in [0.717, 1.165) is 0 Å². The summed E-state index contributed by atoms with van der Waals surface area (Å²) in [5.41, 5.74) is 2.33. The molecule has 2 aromatic carbocycles. The fraction of sp³-hybridized carbons (Fsp3) is 0. The Labute approximate surface area is 108 Å². The Balaban J connectivity index is 1.90. The average molecular weight is 230 g/mol. The van der Waals surface area contributed by atoms with Crippen LogP contribution < -0.4 is 0 Å². The fourth-order valence-corrected chi connectivity index (χ4v) is 1.50. The Morgan fingerprint density at radius 1 is 0.556 bits per heavy atom. The Hall–Kier alpha value is -2.52. The molecule has 0 heterocycles. The lowest BCUT2D eigenvalue weighted by Crippen LogP contribution is -1.67. The average Bonchev–Trinajstić information content (AvgIpc) is 2.45.